The van der Waals surface area contributed by atoms with Gasteiger partial charge in [0, 0.05) is 17.3 Å². The Morgan fingerprint density at radius 2 is 1.83 bits per heavy atom. The van der Waals surface area contributed by atoms with Crippen molar-refractivity contribution in [2.75, 3.05) is 4.90 Å². The van der Waals surface area contributed by atoms with E-state index in [0.29, 0.717) is 16.6 Å². The number of nitrogens with one attached hydrogen (secondary N) is 3. The van der Waals surface area contributed by atoms with Crippen LogP contribution in [0.4, 0.5) is 14.9 Å². The quantitative estimate of drug-likeness (QED) is 0.406. The minimum Gasteiger partial charge on any atom is -0.368 e. The van der Waals surface area contributed by atoms with Gasteiger partial charge in [-0.3, -0.25) is 25.0 Å². The third kappa shape index (κ3) is 3.38. The van der Waals surface area contributed by atoms with Gasteiger partial charge in [-0.05, 0) is 52.7 Å². The largest absolute Gasteiger partial charge is 0.368 e. The lowest BCUT2D eigenvalue weighted by atomic mass is 9.66. The number of anilines is 1. The third-order valence-corrected chi connectivity index (χ3v) is 6.72. The highest BCUT2D eigenvalue weighted by atomic mass is 19.1. The van der Waals surface area contributed by atoms with Crippen LogP contribution in [-0.2, 0) is 20.7 Å². The lowest BCUT2D eigenvalue weighted by Gasteiger charge is -2.56. The molecule has 0 saturated carbocycles. The Labute approximate surface area is 199 Å². The fraction of sp³-hybridized carbons (Fsp3) is 0.522. The molecule has 35 heavy (non-hydrogen) atoms. The number of rotatable bonds is 1. The highest BCUT2D eigenvalue weighted by Gasteiger charge is 2.64. The average Bonchev–Trinajstić information content (AvgIpc) is 3.15. The van der Waals surface area contributed by atoms with Crippen molar-refractivity contribution in [2.24, 2.45) is 5.41 Å². The van der Waals surface area contributed by atoms with Gasteiger partial charge in [0.2, 0.25) is 11.8 Å². The van der Waals surface area contributed by atoms with E-state index in [2.05, 4.69) is 21.1 Å². The van der Waals surface area contributed by atoms with Crippen LogP contribution in [0.25, 0.3) is 11.0 Å². The van der Waals surface area contributed by atoms with Crippen LogP contribution in [-0.4, -0.2) is 59.0 Å². The fourth-order valence-corrected chi connectivity index (χ4v) is 5.37. The summed E-state index contributed by atoms with van der Waals surface area (Å²) in [5.74, 6) is -2.13. The molecule has 5 rings (SSSR count). The van der Waals surface area contributed by atoms with Gasteiger partial charge in [0.25, 0.3) is 5.91 Å². The Bertz CT molecular complexity index is 1260. The van der Waals surface area contributed by atoms with E-state index in [1.54, 1.807) is 26.0 Å². The predicted octanol–water partition coefficient (Wildman–Crippen LogP) is 1.54. The van der Waals surface area contributed by atoms with Gasteiger partial charge in [0.05, 0.1) is 17.5 Å². The molecule has 2 saturated heterocycles. The molecular weight excluding hydrogens is 461 g/mol. The first kappa shape index (κ1) is 23.2. The number of amides is 5. The van der Waals surface area contributed by atoms with Crippen LogP contribution in [0.5, 0.6) is 0 Å². The molecule has 4 heterocycles. The first-order chi connectivity index (χ1) is 16.3. The molecule has 1 spiro atoms. The van der Waals surface area contributed by atoms with Gasteiger partial charge in [-0.2, -0.15) is 0 Å². The monoisotopic (exact) mass is 487 g/mol. The standard InChI is InChI=1S/C23H26FN5O6/c1-9-16-23(19(31)25-21(33)26-20(23)32)8-11-6-12-14(7-13(11)29(16)17(24)10(2)34-9)35-28-15(12)18(30)27-22(3,4)5/h6-7,9-10,16-17H,8H2,1-5H3,(H,27,30)(H2,25,26,31,32,33)/t9-,10+,16+,17?/m1/s1. The van der Waals surface area contributed by atoms with E-state index in [1.165, 1.54) is 4.90 Å². The van der Waals surface area contributed by atoms with Crippen LogP contribution in [0.2, 0.25) is 0 Å². The van der Waals surface area contributed by atoms with Gasteiger partial charge in [-0.15, -0.1) is 0 Å². The van der Waals surface area contributed by atoms with E-state index in [-0.39, 0.29) is 17.7 Å². The Morgan fingerprint density at radius 1 is 1.17 bits per heavy atom. The molecular formula is C23H26FN5O6. The van der Waals surface area contributed by atoms with Crippen molar-refractivity contribution in [2.45, 2.75) is 71.1 Å². The second-order valence-electron chi connectivity index (χ2n) is 10.4. The average molecular weight is 487 g/mol. The number of fused-ring (bicyclic) bond motifs is 5. The maximum Gasteiger partial charge on any atom is 0.328 e. The fourth-order valence-electron chi connectivity index (χ4n) is 5.37. The van der Waals surface area contributed by atoms with Crippen molar-refractivity contribution in [1.29, 1.82) is 0 Å². The van der Waals surface area contributed by atoms with Crippen LogP contribution < -0.4 is 20.9 Å². The van der Waals surface area contributed by atoms with Crippen molar-refractivity contribution in [3.8, 4) is 0 Å². The van der Waals surface area contributed by atoms with Gasteiger partial charge in [-0.25, -0.2) is 9.18 Å². The van der Waals surface area contributed by atoms with E-state index in [4.69, 9.17) is 9.26 Å². The number of urea groups is 1. The summed E-state index contributed by atoms with van der Waals surface area (Å²) < 4.78 is 26.9. The van der Waals surface area contributed by atoms with Crippen molar-refractivity contribution in [3.05, 3.63) is 23.4 Å². The summed E-state index contributed by atoms with van der Waals surface area (Å²) in [5, 5.41) is 11.4. The number of aromatic nitrogens is 1. The summed E-state index contributed by atoms with van der Waals surface area (Å²) in [4.78, 5) is 52.5. The molecule has 3 N–H and O–H groups in total. The molecule has 3 aliphatic rings. The molecule has 0 bridgehead atoms. The summed E-state index contributed by atoms with van der Waals surface area (Å²) >= 11 is 0. The van der Waals surface area contributed by atoms with Crippen molar-refractivity contribution in [1.82, 2.24) is 21.1 Å². The third-order valence-electron chi connectivity index (χ3n) is 6.72. The lowest BCUT2D eigenvalue weighted by molar-refractivity contribution is -0.159. The van der Waals surface area contributed by atoms with Crippen LogP contribution in [0, 0.1) is 5.41 Å². The number of halogens is 1. The zero-order valence-corrected chi connectivity index (χ0v) is 19.9. The minimum absolute atomic E-state index is 0.0298. The molecule has 0 aliphatic carbocycles. The number of alkyl halides is 1. The number of benzene rings is 1. The van der Waals surface area contributed by atoms with E-state index in [9.17, 15) is 19.2 Å². The highest BCUT2D eigenvalue weighted by Crippen LogP contribution is 2.49. The first-order valence-corrected chi connectivity index (χ1v) is 11.3. The molecule has 1 aromatic carbocycles. The smallest absolute Gasteiger partial charge is 0.328 e. The van der Waals surface area contributed by atoms with Crippen molar-refractivity contribution in [3.63, 3.8) is 0 Å². The normalized spacial score (nSPS) is 27.8. The molecule has 5 amide bonds. The molecule has 2 aromatic rings. The van der Waals surface area contributed by atoms with Gasteiger partial charge in [-0.1, -0.05) is 5.16 Å². The maximum absolute atomic E-state index is 15.7. The molecule has 3 aliphatic heterocycles. The number of barbiturate groups is 1. The summed E-state index contributed by atoms with van der Waals surface area (Å²) in [6.07, 6.45) is -3.44. The van der Waals surface area contributed by atoms with Crippen molar-refractivity contribution >= 4 is 40.4 Å². The number of nitrogens with zero attached hydrogens (tertiary/aromatic N) is 2. The van der Waals surface area contributed by atoms with Crippen LogP contribution >= 0.6 is 0 Å². The van der Waals surface area contributed by atoms with Gasteiger partial charge in [0.1, 0.15) is 6.10 Å². The Balaban J connectivity index is 1.71. The molecule has 186 valence electrons. The maximum atomic E-state index is 15.7. The second-order valence-corrected chi connectivity index (χ2v) is 10.4. The summed E-state index contributed by atoms with van der Waals surface area (Å²) in [6, 6.07) is 1.17. The Hall–Kier alpha value is -3.54. The van der Waals surface area contributed by atoms with Gasteiger partial charge in [0.15, 0.2) is 23.0 Å². The molecule has 2 fully saturated rings. The molecule has 1 aromatic heterocycles. The van der Waals surface area contributed by atoms with E-state index in [0.717, 1.165) is 0 Å². The van der Waals surface area contributed by atoms with E-state index >= 15 is 4.39 Å². The minimum atomic E-state index is -1.84. The van der Waals surface area contributed by atoms with Crippen molar-refractivity contribution < 1.29 is 32.8 Å². The zero-order chi connectivity index (χ0) is 25.4. The number of hydrogen-bond acceptors (Lipinski definition) is 8. The summed E-state index contributed by atoms with van der Waals surface area (Å²) in [5.41, 5.74) is -1.25. The Kier molecular flexibility index (Phi) is 4.96. The SMILES string of the molecule is C[C@@H]1O[C@H](C)[C@@H]2N(c3cc4onc(C(=O)NC(C)(C)C)c4cc3CC23C(=O)NC(=O)NC3=O)C1F. The zero-order valence-electron chi connectivity index (χ0n) is 19.9. The van der Waals surface area contributed by atoms with E-state index < -0.39 is 59.3 Å². The number of hydrogen-bond donors (Lipinski definition) is 3. The number of morpholine rings is 1. The summed E-state index contributed by atoms with van der Waals surface area (Å²) in [6.45, 7) is 8.69. The molecule has 0 radical (unpaired) electrons. The number of carbonyl (C=O) groups is 4. The van der Waals surface area contributed by atoms with Gasteiger partial charge < -0.3 is 19.5 Å². The summed E-state index contributed by atoms with van der Waals surface area (Å²) in [7, 11) is 0. The second kappa shape index (κ2) is 7.48. The van der Waals surface area contributed by atoms with Crippen LogP contribution in [0.1, 0.15) is 50.7 Å². The van der Waals surface area contributed by atoms with Gasteiger partial charge >= 0.3 is 6.03 Å². The molecule has 1 unspecified atom stereocenters. The molecule has 12 heteroatoms. The first-order valence-electron chi connectivity index (χ1n) is 11.3. The van der Waals surface area contributed by atoms with Crippen LogP contribution in [0.15, 0.2) is 16.7 Å². The number of ether oxygens (including phenoxy) is 1. The number of carbonyl (C=O) groups excluding carboxylic acids is 4. The topological polar surface area (TPSA) is 143 Å². The highest BCUT2D eigenvalue weighted by molar-refractivity contribution is 6.20. The molecule has 4 atom stereocenters. The Morgan fingerprint density at radius 3 is 2.46 bits per heavy atom. The van der Waals surface area contributed by atoms with E-state index in [1.807, 2.05) is 20.8 Å². The number of imide groups is 2. The lowest BCUT2D eigenvalue weighted by Crippen LogP contribution is -2.76. The molecule has 11 nitrogen and oxygen atoms in total. The van der Waals surface area contributed by atoms with Crippen LogP contribution in [0.3, 0.4) is 0 Å². The predicted molar refractivity (Wildman–Crippen MR) is 120 cm³/mol.